The standard InChI is InChI=1S/2C10H21N/c1-9(2)11-7-5-10(3,4)6-8-11;1-9(2)11-7-5-6-10(3,4)8-11/h2*9H,5-8H2,1-4H3. The minimum Gasteiger partial charge on any atom is -0.301 e. The van der Waals surface area contributed by atoms with E-state index in [0.29, 0.717) is 10.8 Å². The molecule has 0 unspecified atom stereocenters. The highest BCUT2D eigenvalue weighted by atomic mass is 15.2. The topological polar surface area (TPSA) is 6.48 Å². The number of likely N-dealkylation sites (tertiary alicyclic amines) is 2. The van der Waals surface area contributed by atoms with Gasteiger partial charge in [-0.15, -0.1) is 0 Å². The second kappa shape index (κ2) is 8.15. The highest BCUT2D eigenvalue weighted by molar-refractivity contribution is 4.81. The van der Waals surface area contributed by atoms with Gasteiger partial charge in [-0.1, -0.05) is 27.7 Å². The van der Waals surface area contributed by atoms with Crippen molar-refractivity contribution in [3.63, 3.8) is 0 Å². The van der Waals surface area contributed by atoms with Gasteiger partial charge in [0.25, 0.3) is 0 Å². The Morgan fingerprint density at radius 1 is 0.636 bits per heavy atom. The second-order valence-electron chi connectivity index (χ2n) is 9.63. The van der Waals surface area contributed by atoms with Crippen molar-refractivity contribution in [1.29, 1.82) is 0 Å². The van der Waals surface area contributed by atoms with Crippen LogP contribution >= 0.6 is 0 Å². The van der Waals surface area contributed by atoms with Gasteiger partial charge >= 0.3 is 0 Å². The zero-order valence-electron chi connectivity index (χ0n) is 16.7. The molecule has 0 bridgehead atoms. The molecule has 2 heterocycles. The lowest BCUT2D eigenvalue weighted by Gasteiger charge is -2.40. The predicted molar refractivity (Wildman–Crippen MR) is 99.4 cm³/mol. The van der Waals surface area contributed by atoms with Crippen molar-refractivity contribution in [2.75, 3.05) is 26.2 Å². The minimum atomic E-state index is 0.558. The number of rotatable bonds is 2. The van der Waals surface area contributed by atoms with E-state index >= 15 is 0 Å². The summed E-state index contributed by atoms with van der Waals surface area (Å²) in [5.74, 6) is 0. The van der Waals surface area contributed by atoms with Gasteiger partial charge in [0.1, 0.15) is 0 Å². The largest absolute Gasteiger partial charge is 0.301 e. The van der Waals surface area contributed by atoms with Gasteiger partial charge in [0.05, 0.1) is 0 Å². The highest BCUT2D eigenvalue weighted by Crippen LogP contribution is 2.30. The molecule has 0 aromatic heterocycles. The monoisotopic (exact) mass is 310 g/mol. The summed E-state index contributed by atoms with van der Waals surface area (Å²) >= 11 is 0. The van der Waals surface area contributed by atoms with Gasteiger partial charge in [0, 0.05) is 18.6 Å². The maximum Gasteiger partial charge on any atom is 0.00388 e. The molecule has 0 aromatic carbocycles. The molecular formula is C20H42N2. The van der Waals surface area contributed by atoms with Gasteiger partial charge in [-0.05, 0) is 83.8 Å². The van der Waals surface area contributed by atoms with Crippen molar-refractivity contribution >= 4 is 0 Å². The van der Waals surface area contributed by atoms with Gasteiger partial charge < -0.3 is 9.80 Å². The first kappa shape index (κ1) is 20.0. The average Bonchev–Trinajstić information content (AvgIpc) is 2.37. The number of nitrogens with zero attached hydrogens (tertiary/aromatic N) is 2. The molecule has 0 radical (unpaired) electrons. The molecule has 0 spiro atoms. The maximum absolute atomic E-state index is 2.59. The fourth-order valence-electron chi connectivity index (χ4n) is 3.56. The molecule has 0 aliphatic carbocycles. The van der Waals surface area contributed by atoms with E-state index in [1.54, 1.807) is 0 Å². The third-order valence-corrected chi connectivity index (χ3v) is 5.54. The van der Waals surface area contributed by atoms with E-state index in [9.17, 15) is 0 Å². The van der Waals surface area contributed by atoms with Gasteiger partial charge in [-0.25, -0.2) is 0 Å². The normalized spacial score (nSPS) is 25.9. The molecule has 2 saturated heterocycles. The lowest BCUT2D eigenvalue weighted by atomic mass is 9.82. The molecule has 0 atom stereocenters. The Morgan fingerprint density at radius 2 is 1.14 bits per heavy atom. The van der Waals surface area contributed by atoms with Crippen LogP contribution in [-0.4, -0.2) is 48.1 Å². The SMILES string of the molecule is CC(C)N1CCC(C)(C)CC1.CC(C)N1CCCC(C)(C)C1. The number of hydrogen-bond acceptors (Lipinski definition) is 2. The van der Waals surface area contributed by atoms with Crippen molar-refractivity contribution < 1.29 is 0 Å². The van der Waals surface area contributed by atoms with Crippen molar-refractivity contribution in [3.8, 4) is 0 Å². The van der Waals surface area contributed by atoms with E-state index < -0.39 is 0 Å². The van der Waals surface area contributed by atoms with Crippen molar-refractivity contribution in [1.82, 2.24) is 9.80 Å². The Bertz CT molecular complexity index is 308. The van der Waals surface area contributed by atoms with Crippen LogP contribution in [0.4, 0.5) is 0 Å². The van der Waals surface area contributed by atoms with Crippen LogP contribution in [0.2, 0.25) is 0 Å². The summed E-state index contributed by atoms with van der Waals surface area (Å²) < 4.78 is 0. The Balaban J connectivity index is 0.000000220. The first-order chi connectivity index (χ1) is 10.0. The van der Waals surface area contributed by atoms with Crippen molar-refractivity contribution in [3.05, 3.63) is 0 Å². The molecule has 0 N–H and O–H groups in total. The molecule has 132 valence electrons. The van der Waals surface area contributed by atoms with E-state index in [1.165, 1.54) is 51.9 Å². The molecule has 22 heavy (non-hydrogen) atoms. The summed E-state index contributed by atoms with van der Waals surface area (Å²) in [4.78, 5) is 5.16. The zero-order chi connectivity index (χ0) is 17.0. The lowest BCUT2D eigenvalue weighted by molar-refractivity contribution is 0.0913. The fraction of sp³-hybridized carbons (Fsp3) is 1.00. The van der Waals surface area contributed by atoms with E-state index in [-0.39, 0.29) is 0 Å². The lowest BCUT2D eigenvalue weighted by Crippen LogP contribution is -2.43. The Hall–Kier alpha value is -0.0800. The van der Waals surface area contributed by atoms with E-state index in [4.69, 9.17) is 0 Å². The Labute approximate surface area is 140 Å². The molecule has 0 saturated carbocycles. The quantitative estimate of drug-likeness (QED) is 0.705. The summed E-state index contributed by atoms with van der Waals surface area (Å²) in [6.07, 6.45) is 5.51. The van der Waals surface area contributed by atoms with Gasteiger partial charge in [-0.2, -0.15) is 0 Å². The molecule has 0 aromatic rings. The molecule has 0 amide bonds. The molecule has 2 fully saturated rings. The minimum absolute atomic E-state index is 0.558. The third kappa shape index (κ3) is 7.00. The van der Waals surface area contributed by atoms with Crippen LogP contribution in [0.5, 0.6) is 0 Å². The predicted octanol–water partition coefficient (Wildman–Crippen LogP) is 5.03. The second-order valence-corrected chi connectivity index (χ2v) is 9.63. The van der Waals surface area contributed by atoms with Crippen LogP contribution in [0.1, 0.15) is 81.1 Å². The van der Waals surface area contributed by atoms with Crippen molar-refractivity contribution in [2.45, 2.75) is 93.2 Å². The first-order valence-electron chi connectivity index (χ1n) is 9.50. The zero-order valence-corrected chi connectivity index (χ0v) is 16.7. The summed E-state index contributed by atoms with van der Waals surface area (Å²) in [6, 6.07) is 1.47. The molecular weight excluding hydrogens is 268 g/mol. The maximum atomic E-state index is 2.59. The summed E-state index contributed by atoms with van der Waals surface area (Å²) in [5, 5.41) is 0. The molecule has 2 nitrogen and oxygen atoms in total. The summed E-state index contributed by atoms with van der Waals surface area (Å²) in [5.41, 5.74) is 1.16. The van der Waals surface area contributed by atoms with Crippen molar-refractivity contribution in [2.24, 2.45) is 10.8 Å². The van der Waals surface area contributed by atoms with E-state index in [0.717, 1.165) is 12.1 Å². The molecule has 2 aliphatic heterocycles. The number of piperidine rings is 2. The molecule has 2 heteroatoms. The van der Waals surface area contributed by atoms with Crippen LogP contribution in [0, 0.1) is 10.8 Å². The third-order valence-electron chi connectivity index (χ3n) is 5.54. The van der Waals surface area contributed by atoms with Gasteiger partial charge in [0.15, 0.2) is 0 Å². The van der Waals surface area contributed by atoms with Crippen LogP contribution in [0.3, 0.4) is 0 Å². The van der Waals surface area contributed by atoms with E-state index in [1.807, 2.05) is 0 Å². The Kier molecular flexibility index (Phi) is 7.39. The van der Waals surface area contributed by atoms with Gasteiger partial charge in [-0.3, -0.25) is 0 Å². The van der Waals surface area contributed by atoms with Crippen LogP contribution in [0.25, 0.3) is 0 Å². The Morgan fingerprint density at radius 3 is 1.50 bits per heavy atom. The number of hydrogen-bond donors (Lipinski definition) is 0. The summed E-state index contributed by atoms with van der Waals surface area (Å²) in [6.45, 7) is 23.9. The van der Waals surface area contributed by atoms with Crippen LogP contribution in [-0.2, 0) is 0 Å². The first-order valence-corrected chi connectivity index (χ1v) is 9.50. The average molecular weight is 311 g/mol. The fourth-order valence-corrected chi connectivity index (χ4v) is 3.56. The van der Waals surface area contributed by atoms with Crippen LogP contribution < -0.4 is 0 Å². The summed E-state index contributed by atoms with van der Waals surface area (Å²) in [7, 11) is 0. The smallest absolute Gasteiger partial charge is 0.00388 e. The highest BCUT2D eigenvalue weighted by Gasteiger charge is 2.27. The van der Waals surface area contributed by atoms with Gasteiger partial charge in [0.2, 0.25) is 0 Å². The molecule has 2 rings (SSSR count). The molecule has 2 aliphatic rings. The van der Waals surface area contributed by atoms with Crippen LogP contribution in [0.15, 0.2) is 0 Å². The van der Waals surface area contributed by atoms with E-state index in [2.05, 4.69) is 65.2 Å².